The van der Waals surface area contributed by atoms with Crippen molar-refractivity contribution in [1.29, 1.82) is 0 Å². The molecule has 1 atom stereocenters. The second-order valence-corrected chi connectivity index (χ2v) is 4.13. The highest BCUT2D eigenvalue weighted by atomic mass is 16.4. The van der Waals surface area contributed by atoms with Gasteiger partial charge in [0.25, 0.3) is 0 Å². The molecule has 0 saturated carbocycles. The topological polar surface area (TPSA) is 104 Å². The van der Waals surface area contributed by atoms with Gasteiger partial charge in [-0.25, -0.2) is 0 Å². The van der Waals surface area contributed by atoms with Crippen LogP contribution in [-0.4, -0.2) is 27.3 Å². The Morgan fingerprint density at radius 2 is 1.50 bits per heavy atom. The van der Waals surface area contributed by atoms with Crippen LogP contribution in [0.5, 0.6) is 11.5 Å². The molecule has 0 unspecified atom stereocenters. The number of benzene rings is 2. The molecule has 0 aliphatic heterocycles. The number of carboxylic acid groups (broad SMARTS) is 1. The van der Waals surface area contributed by atoms with E-state index in [0.29, 0.717) is 5.56 Å². The zero-order valence-electron chi connectivity index (χ0n) is 10.8. The average Bonchev–Trinajstić information content (AvgIpc) is 2.45. The molecule has 0 amide bonds. The first-order chi connectivity index (χ1) is 9.50. The number of rotatable bonds is 3. The first-order valence-electron chi connectivity index (χ1n) is 6.00. The summed E-state index contributed by atoms with van der Waals surface area (Å²) < 4.78 is 0. The van der Waals surface area contributed by atoms with E-state index < -0.39 is 12.0 Å². The van der Waals surface area contributed by atoms with Crippen LogP contribution in [0.3, 0.4) is 0 Å². The molecule has 0 aliphatic rings. The molecular weight excluding hydrogens is 258 g/mol. The number of nitrogens with two attached hydrogens (primary N) is 1. The van der Waals surface area contributed by atoms with Crippen molar-refractivity contribution in [1.82, 2.24) is 0 Å². The van der Waals surface area contributed by atoms with E-state index in [1.54, 1.807) is 0 Å². The van der Waals surface area contributed by atoms with Crippen molar-refractivity contribution >= 4 is 5.97 Å². The third-order valence-corrected chi connectivity index (χ3v) is 2.48. The van der Waals surface area contributed by atoms with E-state index >= 15 is 0 Å². The first kappa shape index (κ1) is 15.5. The number of carboxylic acids is 1. The molecule has 0 aromatic heterocycles. The number of hydrogen-bond donors (Lipinski definition) is 4. The van der Waals surface area contributed by atoms with E-state index in [4.69, 9.17) is 21.1 Å². The van der Waals surface area contributed by atoms with Crippen LogP contribution in [0.2, 0.25) is 0 Å². The maximum atomic E-state index is 10.4. The lowest BCUT2D eigenvalue weighted by Gasteiger charge is -2.06. The molecule has 0 fully saturated rings. The van der Waals surface area contributed by atoms with Crippen LogP contribution >= 0.6 is 0 Å². The lowest BCUT2D eigenvalue weighted by Crippen LogP contribution is -2.32. The second-order valence-electron chi connectivity index (χ2n) is 4.13. The van der Waals surface area contributed by atoms with Gasteiger partial charge in [-0.05, 0) is 24.1 Å². The van der Waals surface area contributed by atoms with Crippen LogP contribution in [0.25, 0.3) is 0 Å². The number of carbonyl (C=O) groups is 1. The van der Waals surface area contributed by atoms with Gasteiger partial charge in [0, 0.05) is 0 Å². The van der Waals surface area contributed by atoms with E-state index in [9.17, 15) is 4.79 Å². The number of aromatic hydroxyl groups is 2. The molecule has 2 rings (SSSR count). The molecule has 106 valence electrons. The van der Waals surface area contributed by atoms with Crippen molar-refractivity contribution in [3.63, 3.8) is 0 Å². The van der Waals surface area contributed by atoms with Crippen LogP contribution in [-0.2, 0) is 11.2 Å². The van der Waals surface area contributed by atoms with Gasteiger partial charge in [0.15, 0.2) is 11.5 Å². The summed E-state index contributed by atoms with van der Waals surface area (Å²) >= 11 is 0. The molecule has 20 heavy (non-hydrogen) atoms. The van der Waals surface area contributed by atoms with Gasteiger partial charge in [0.05, 0.1) is 0 Å². The summed E-state index contributed by atoms with van der Waals surface area (Å²) in [4.78, 5) is 10.4. The molecule has 0 heterocycles. The Hall–Kier alpha value is -2.53. The Bertz CT molecular complexity index is 516. The van der Waals surface area contributed by atoms with Crippen molar-refractivity contribution in [3.8, 4) is 11.5 Å². The largest absolute Gasteiger partial charge is 0.504 e. The van der Waals surface area contributed by atoms with E-state index in [1.165, 1.54) is 18.2 Å². The number of aliphatic carboxylic acids is 1. The molecule has 5 heteroatoms. The number of hydrogen-bond acceptors (Lipinski definition) is 4. The second kappa shape index (κ2) is 7.81. The normalized spacial score (nSPS) is 11.1. The summed E-state index contributed by atoms with van der Waals surface area (Å²) in [6.45, 7) is 0. The van der Waals surface area contributed by atoms with Gasteiger partial charge in [-0.3, -0.25) is 4.79 Å². The fraction of sp³-hybridized carbons (Fsp3) is 0.133. The monoisotopic (exact) mass is 275 g/mol. The first-order valence-corrected chi connectivity index (χ1v) is 6.00. The molecule has 0 saturated heterocycles. The Labute approximate surface area is 116 Å². The zero-order chi connectivity index (χ0) is 15.0. The minimum absolute atomic E-state index is 0.114. The third kappa shape index (κ3) is 5.41. The van der Waals surface area contributed by atoms with Crippen LogP contribution < -0.4 is 5.73 Å². The summed E-state index contributed by atoms with van der Waals surface area (Å²) in [6.07, 6.45) is 0.114. The van der Waals surface area contributed by atoms with Crippen LogP contribution in [0, 0.1) is 0 Å². The molecule has 5 N–H and O–H groups in total. The average molecular weight is 275 g/mol. The SMILES string of the molecule is N[C@@H](Cc1ccc(O)c(O)c1)C(=O)O.c1ccccc1. The lowest BCUT2D eigenvalue weighted by atomic mass is 10.1. The maximum Gasteiger partial charge on any atom is 0.320 e. The molecule has 0 radical (unpaired) electrons. The molecule has 2 aromatic carbocycles. The van der Waals surface area contributed by atoms with Crippen molar-refractivity contribution in [2.45, 2.75) is 12.5 Å². The smallest absolute Gasteiger partial charge is 0.320 e. The number of phenolic OH excluding ortho intramolecular Hbond substituents is 2. The van der Waals surface area contributed by atoms with Gasteiger partial charge < -0.3 is 21.1 Å². The van der Waals surface area contributed by atoms with E-state index in [-0.39, 0.29) is 17.9 Å². The molecule has 0 bridgehead atoms. The van der Waals surface area contributed by atoms with Gasteiger partial charge in [-0.15, -0.1) is 0 Å². The highest BCUT2D eigenvalue weighted by Gasteiger charge is 2.12. The quantitative estimate of drug-likeness (QED) is 0.639. The van der Waals surface area contributed by atoms with Gasteiger partial charge in [0.1, 0.15) is 6.04 Å². The van der Waals surface area contributed by atoms with Crippen LogP contribution in [0.4, 0.5) is 0 Å². The van der Waals surface area contributed by atoms with E-state index in [0.717, 1.165) is 0 Å². The van der Waals surface area contributed by atoms with Crippen molar-refractivity contribution in [2.75, 3.05) is 0 Å². The summed E-state index contributed by atoms with van der Waals surface area (Å²) in [5.41, 5.74) is 5.86. The van der Waals surface area contributed by atoms with Gasteiger partial charge in [-0.2, -0.15) is 0 Å². The fourth-order valence-electron chi connectivity index (χ4n) is 1.42. The highest BCUT2D eigenvalue weighted by molar-refractivity contribution is 5.73. The maximum absolute atomic E-state index is 10.4. The van der Waals surface area contributed by atoms with E-state index in [1.807, 2.05) is 36.4 Å². The van der Waals surface area contributed by atoms with Crippen molar-refractivity contribution in [2.24, 2.45) is 5.73 Å². The van der Waals surface area contributed by atoms with E-state index in [2.05, 4.69) is 0 Å². The van der Waals surface area contributed by atoms with Gasteiger partial charge >= 0.3 is 5.97 Å². The predicted molar refractivity (Wildman–Crippen MR) is 75.5 cm³/mol. The fourth-order valence-corrected chi connectivity index (χ4v) is 1.42. The van der Waals surface area contributed by atoms with Crippen molar-refractivity contribution in [3.05, 3.63) is 60.2 Å². The standard InChI is InChI=1S/C9H11NO4.C6H6/c10-6(9(13)14)3-5-1-2-7(11)8(12)4-5;1-2-4-6-5-3-1/h1-2,4,6,11-12H,3,10H2,(H,13,14);1-6H/t6-;/m0./s1. The lowest BCUT2D eigenvalue weighted by molar-refractivity contribution is -0.138. The Morgan fingerprint density at radius 3 is 1.90 bits per heavy atom. The van der Waals surface area contributed by atoms with Gasteiger partial charge in [-0.1, -0.05) is 42.5 Å². The van der Waals surface area contributed by atoms with Crippen molar-refractivity contribution < 1.29 is 20.1 Å². The Kier molecular flexibility index (Phi) is 6.06. The van der Waals surface area contributed by atoms with Crippen LogP contribution in [0.15, 0.2) is 54.6 Å². The summed E-state index contributed by atoms with van der Waals surface area (Å²) in [7, 11) is 0. The number of phenols is 2. The Morgan fingerprint density at radius 1 is 1.00 bits per heavy atom. The Balaban J connectivity index is 0.000000276. The third-order valence-electron chi connectivity index (χ3n) is 2.48. The summed E-state index contributed by atoms with van der Waals surface area (Å²) in [5, 5.41) is 26.6. The molecule has 0 aliphatic carbocycles. The molecule has 2 aromatic rings. The molecule has 5 nitrogen and oxygen atoms in total. The van der Waals surface area contributed by atoms with Gasteiger partial charge in [0.2, 0.25) is 0 Å². The summed E-state index contributed by atoms with van der Waals surface area (Å²) in [6, 6.07) is 15.1. The molecular formula is C15H17NO4. The van der Waals surface area contributed by atoms with Crippen LogP contribution in [0.1, 0.15) is 5.56 Å². The predicted octanol–water partition coefficient (Wildman–Crippen LogP) is 1.74. The highest BCUT2D eigenvalue weighted by Crippen LogP contribution is 2.25. The minimum Gasteiger partial charge on any atom is -0.504 e. The minimum atomic E-state index is -1.10. The zero-order valence-corrected chi connectivity index (χ0v) is 10.8. The summed E-state index contributed by atoms with van der Waals surface area (Å²) in [5.74, 6) is -1.62. The molecule has 0 spiro atoms.